The SMILES string of the molecule is CCN(c1ccc(C(=O)OC)cc1N)C(C)CN(C)C. The number of anilines is 2. The molecule has 0 heterocycles. The molecule has 1 unspecified atom stereocenters. The molecule has 1 aromatic carbocycles. The highest BCUT2D eigenvalue weighted by molar-refractivity contribution is 5.92. The van der Waals surface area contributed by atoms with E-state index in [1.807, 2.05) is 20.2 Å². The second-order valence-corrected chi connectivity index (χ2v) is 5.16. The Balaban J connectivity index is 3.01. The van der Waals surface area contributed by atoms with Crippen LogP contribution < -0.4 is 10.6 Å². The summed E-state index contributed by atoms with van der Waals surface area (Å²) in [5, 5.41) is 0. The van der Waals surface area contributed by atoms with Gasteiger partial charge in [0.15, 0.2) is 0 Å². The van der Waals surface area contributed by atoms with Crippen molar-refractivity contribution in [3.05, 3.63) is 23.8 Å². The lowest BCUT2D eigenvalue weighted by Gasteiger charge is -2.33. The molecule has 1 atom stereocenters. The highest BCUT2D eigenvalue weighted by Gasteiger charge is 2.17. The van der Waals surface area contributed by atoms with E-state index in [1.54, 1.807) is 12.1 Å². The summed E-state index contributed by atoms with van der Waals surface area (Å²) >= 11 is 0. The Kier molecular flexibility index (Phi) is 5.82. The minimum Gasteiger partial charge on any atom is -0.465 e. The summed E-state index contributed by atoms with van der Waals surface area (Å²) in [5.74, 6) is -0.368. The first-order chi connectivity index (χ1) is 9.40. The number of carbonyl (C=O) groups is 1. The van der Waals surface area contributed by atoms with Crippen molar-refractivity contribution in [2.75, 3.05) is 44.9 Å². The third kappa shape index (κ3) is 3.87. The van der Waals surface area contributed by atoms with E-state index in [2.05, 4.69) is 23.6 Å². The quantitative estimate of drug-likeness (QED) is 0.636. The second-order valence-electron chi connectivity index (χ2n) is 5.16. The lowest BCUT2D eigenvalue weighted by atomic mass is 10.1. The molecule has 0 fully saturated rings. The van der Waals surface area contributed by atoms with Gasteiger partial charge in [-0.25, -0.2) is 4.79 Å². The first kappa shape index (κ1) is 16.3. The molecule has 0 amide bonds. The second kappa shape index (κ2) is 7.14. The highest BCUT2D eigenvalue weighted by atomic mass is 16.5. The molecule has 0 saturated carbocycles. The van der Waals surface area contributed by atoms with Crippen LogP contribution in [0.1, 0.15) is 24.2 Å². The van der Waals surface area contributed by atoms with Crippen molar-refractivity contribution in [2.45, 2.75) is 19.9 Å². The average molecular weight is 279 g/mol. The van der Waals surface area contributed by atoms with Crippen molar-refractivity contribution in [3.63, 3.8) is 0 Å². The third-order valence-corrected chi connectivity index (χ3v) is 3.26. The first-order valence-electron chi connectivity index (χ1n) is 6.79. The fourth-order valence-corrected chi connectivity index (χ4v) is 2.41. The Morgan fingerprint density at radius 3 is 2.50 bits per heavy atom. The van der Waals surface area contributed by atoms with Crippen LogP contribution in [0.4, 0.5) is 11.4 Å². The standard InChI is InChI=1S/C15H25N3O2/c1-6-18(11(2)10-17(3)4)14-8-7-12(9-13(14)16)15(19)20-5/h7-9,11H,6,10,16H2,1-5H3. The van der Waals surface area contributed by atoms with Gasteiger partial charge in [0.05, 0.1) is 24.0 Å². The summed E-state index contributed by atoms with van der Waals surface area (Å²) in [7, 11) is 5.46. The number of benzene rings is 1. The minimum absolute atomic E-state index is 0.335. The van der Waals surface area contributed by atoms with Gasteiger partial charge in [0.1, 0.15) is 0 Å². The third-order valence-electron chi connectivity index (χ3n) is 3.26. The zero-order valence-corrected chi connectivity index (χ0v) is 13.0. The van der Waals surface area contributed by atoms with Crippen LogP contribution in [-0.2, 0) is 4.74 Å². The van der Waals surface area contributed by atoms with E-state index >= 15 is 0 Å². The van der Waals surface area contributed by atoms with Gasteiger partial charge in [-0.1, -0.05) is 0 Å². The molecule has 2 N–H and O–H groups in total. The molecule has 5 nitrogen and oxygen atoms in total. The monoisotopic (exact) mass is 279 g/mol. The lowest BCUT2D eigenvalue weighted by molar-refractivity contribution is 0.0601. The molecule has 0 saturated heterocycles. The van der Waals surface area contributed by atoms with Crippen LogP contribution in [0.15, 0.2) is 18.2 Å². The summed E-state index contributed by atoms with van der Waals surface area (Å²) < 4.78 is 4.70. The van der Waals surface area contributed by atoms with Gasteiger partial charge < -0.3 is 20.3 Å². The molecule has 0 aliphatic heterocycles. The molecule has 0 aliphatic carbocycles. The number of hydrogen-bond donors (Lipinski definition) is 1. The van der Waals surface area contributed by atoms with E-state index in [0.29, 0.717) is 17.3 Å². The van der Waals surface area contributed by atoms with E-state index < -0.39 is 0 Å². The van der Waals surface area contributed by atoms with Crippen molar-refractivity contribution in [3.8, 4) is 0 Å². The van der Waals surface area contributed by atoms with Gasteiger partial charge in [0, 0.05) is 19.1 Å². The fourth-order valence-electron chi connectivity index (χ4n) is 2.41. The predicted octanol–water partition coefficient (Wildman–Crippen LogP) is 1.83. The number of methoxy groups -OCH3 is 1. The number of hydrogen-bond acceptors (Lipinski definition) is 5. The predicted molar refractivity (Wildman–Crippen MR) is 83.2 cm³/mol. The van der Waals surface area contributed by atoms with Crippen LogP contribution in [-0.4, -0.2) is 51.2 Å². The summed E-state index contributed by atoms with van der Waals surface area (Å²) in [6.07, 6.45) is 0. The van der Waals surface area contributed by atoms with E-state index in [0.717, 1.165) is 18.8 Å². The molecule has 112 valence electrons. The zero-order valence-electron chi connectivity index (χ0n) is 13.0. The van der Waals surface area contributed by atoms with Gasteiger partial charge in [-0.2, -0.15) is 0 Å². The Hall–Kier alpha value is -1.75. The van der Waals surface area contributed by atoms with Gasteiger partial charge in [-0.05, 0) is 46.1 Å². The highest BCUT2D eigenvalue weighted by Crippen LogP contribution is 2.26. The van der Waals surface area contributed by atoms with E-state index in [4.69, 9.17) is 10.5 Å². The molecule has 0 aliphatic rings. The van der Waals surface area contributed by atoms with E-state index in [-0.39, 0.29) is 5.97 Å². The average Bonchev–Trinajstić information content (AvgIpc) is 2.39. The molecule has 1 rings (SSSR count). The lowest BCUT2D eigenvalue weighted by Crippen LogP contribution is -2.40. The smallest absolute Gasteiger partial charge is 0.337 e. The maximum absolute atomic E-state index is 11.5. The zero-order chi connectivity index (χ0) is 15.3. The Bertz CT molecular complexity index is 460. The number of nitrogen functional groups attached to an aromatic ring is 1. The first-order valence-corrected chi connectivity index (χ1v) is 6.79. The topological polar surface area (TPSA) is 58.8 Å². The van der Waals surface area contributed by atoms with Crippen LogP contribution in [0, 0.1) is 0 Å². The molecule has 0 aromatic heterocycles. The van der Waals surface area contributed by atoms with Crippen LogP contribution in [0.2, 0.25) is 0 Å². The van der Waals surface area contributed by atoms with Crippen molar-refractivity contribution in [2.24, 2.45) is 0 Å². The maximum atomic E-state index is 11.5. The minimum atomic E-state index is -0.368. The molecule has 5 heteroatoms. The van der Waals surface area contributed by atoms with Gasteiger partial charge in [0.2, 0.25) is 0 Å². The van der Waals surface area contributed by atoms with E-state index in [9.17, 15) is 4.79 Å². The van der Waals surface area contributed by atoms with Gasteiger partial charge in [0.25, 0.3) is 0 Å². The number of nitrogens with zero attached hydrogens (tertiary/aromatic N) is 2. The number of esters is 1. The van der Waals surface area contributed by atoms with Crippen molar-refractivity contribution < 1.29 is 9.53 Å². The van der Waals surface area contributed by atoms with Gasteiger partial charge >= 0.3 is 5.97 Å². The number of nitrogens with two attached hydrogens (primary N) is 1. The summed E-state index contributed by atoms with van der Waals surface area (Å²) in [5.41, 5.74) is 8.12. The fraction of sp³-hybridized carbons (Fsp3) is 0.533. The van der Waals surface area contributed by atoms with Crippen LogP contribution >= 0.6 is 0 Å². The summed E-state index contributed by atoms with van der Waals surface area (Å²) in [4.78, 5) is 15.9. The maximum Gasteiger partial charge on any atom is 0.337 e. The molecular formula is C15H25N3O2. The van der Waals surface area contributed by atoms with Crippen LogP contribution in [0.25, 0.3) is 0 Å². The van der Waals surface area contributed by atoms with Crippen molar-refractivity contribution in [1.82, 2.24) is 4.90 Å². The van der Waals surface area contributed by atoms with Crippen LogP contribution in [0.5, 0.6) is 0 Å². The molecule has 20 heavy (non-hydrogen) atoms. The molecule has 0 radical (unpaired) electrons. The van der Waals surface area contributed by atoms with Crippen LogP contribution in [0.3, 0.4) is 0 Å². The molecular weight excluding hydrogens is 254 g/mol. The number of likely N-dealkylation sites (N-methyl/N-ethyl adjacent to an activating group) is 2. The molecule has 0 bridgehead atoms. The Morgan fingerprint density at radius 1 is 1.40 bits per heavy atom. The Labute approximate surface area is 121 Å². The molecule has 1 aromatic rings. The summed E-state index contributed by atoms with van der Waals surface area (Å²) in [6.45, 7) is 6.06. The van der Waals surface area contributed by atoms with E-state index in [1.165, 1.54) is 7.11 Å². The largest absolute Gasteiger partial charge is 0.465 e. The van der Waals surface area contributed by atoms with Gasteiger partial charge in [-0.15, -0.1) is 0 Å². The normalized spacial score (nSPS) is 12.3. The number of rotatable bonds is 6. The van der Waals surface area contributed by atoms with Crippen molar-refractivity contribution >= 4 is 17.3 Å². The summed E-state index contributed by atoms with van der Waals surface area (Å²) in [6, 6.07) is 5.65. The van der Waals surface area contributed by atoms with Crippen molar-refractivity contribution in [1.29, 1.82) is 0 Å². The van der Waals surface area contributed by atoms with Gasteiger partial charge in [-0.3, -0.25) is 0 Å². The Morgan fingerprint density at radius 2 is 2.05 bits per heavy atom. The number of ether oxygens (including phenoxy) is 1. The molecule has 0 spiro atoms. The number of carbonyl (C=O) groups excluding carboxylic acids is 1.